The summed E-state index contributed by atoms with van der Waals surface area (Å²) in [6.45, 7) is 1.92. The molecule has 1 heterocycles. The largest absolute Gasteiger partial charge is 0.388 e. The molecule has 3 nitrogen and oxygen atoms in total. The van der Waals surface area contributed by atoms with Crippen LogP contribution in [0.15, 0.2) is 6.20 Å². The van der Waals surface area contributed by atoms with Crippen molar-refractivity contribution in [2.45, 2.75) is 19.4 Å². The van der Waals surface area contributed by atoms with Gasteiger partial charge in [-0.05, 0) is 6.42 Å². The fourth-order valence-electron chi connectivity index (χ4n) is 0.656. The van der Waals surface area contributed by atoms with E-state index in [-0.39, 0.29) is 0 Å². The highest BCUT2D eigenvalue weighted by atomic mass is 32.1. The number of anilines is 1. The van der Waals surface area contributed by atoms with E-state index in [1.54, 1.807) is 6.20 Å². The summed E-state index contributed by atoms with van der Waals surface area (Å²) >= 11 is 1.34. The van der Waals surface area contributed by atoms with Crippen LogP contribution in [-0.2, 0) is 0 Å². The Morgan fingerprint density at radius 3 is 3.00 bits per heavy atom. The van der Waals surface area contributed by atoms with E-state index in [9.17, 15) is 5.11 Å². The van der Waals surface area contributed by atoms with Crippen molar-refractivity contribution in [3.63, 3.8) is 0 Å². The highest BCUT2D eigenvalue weighted by Crippen LogP contribution is 2.23. The van der Waals surface area contributed by atoms with Crippen LogP contribution < -0.4 is 5.73 Å². The van der Waals surface area contributed by atoms with E-state index in [4.69, 9.17) is 5.73 Å². The van der Waals surface area contributed by atoms with Gasteiger partial charge < -0.3 is 10.8 Å². The molecule has 0 saturated heterocycles. The Morgan fingerprint density at radius 2 is 2.60 bits per heavy atom. The van der Waals surface area contributed by atoms with Crippen molar-refractivity contribution in [3.8, 4) is 0 Å². The molecule has 0 aliphatic carbocycles. The third kappa shape index (κ3) is 1.46. The lowest BCUT2D eigenvalue weighted by atomic mass is 10.2. The Bertz CT molecular complexity index is 211. The number of aromatic nitrogens is 1. The average Bonchev–Trinajstić information content (AvgIpc) is 2.34. The van der Waals surface area contributed by atoms with Crippen LogP contribution in [0, 0.1) is 0 Å². The monoisotopic (exact) mass is 158 g/mol. The standard InChI is InChI=1S/C6H10N2OS/c1-2-4(9)5-3-8-6(7)10-5/h3-4,9H,2H2,1H3,(H2,7,8). The number of thiazole rings is 1. The molecule has 0 aliphatic heterocycles. The highest BCUT2D eigenvalue weighted by molar-refractivity contribution is 7.15. The molecule has 3 N–H and O–H groups in total. The van der Waals surface area contributed by atoms with Crippen LogP contribution in [-0.4, -0.2) is 10.1 Å². The van der Waals surface area contributed by atoms with Gasteiger partial charge in [-0.1, -0.05) is 18.3 Å². The summed E-state index contributed by atoms with van der Waals surface area (Å²) in [4.78, 5) is 4.67. The number of rotatable bonds is 2. The van der Waals surface area contributed by atoms with Gasteiger partial charge in [-0.2, -0.15) is 0 Å². The van der Waals surface area contributed by atoms with Gasteiger partial charge in [0.1, 0.15) is 0 Å². The second-order valence-electron chi connectivity index (χ2n) is 2.02. The number of aliphatic hydroxyl groups excluding tert-OH is 1. The first-order valence-corrected chi connectivity index (χ1v) is 3.95. The van der Waals surface area contributed by atoms with E-state index in [2.05, 4.69) is 4.98 Å². The van der Waals surface area contributed by atoms with E-state index in [1.165, 1.54) is 11.3 Å². The van der Waals surface area contributed by atoms with Crippen molar-refractivity contribution in [3.05, 3.63) is 11.1 Å². The minimum absolute atomic E-state index is 0.394. The molecule has 1 rings (SSSR count). The maximum Gasteiger partial charge on any atom is 0.180 e. The zero-order valence-electron chi connectivity index (χ0n) is 5.74. The van der Waals surface area contributed by atoms with Crippen LogP contribution >= 0.6 is 11.3 Å². The van der Waals surface area contributed by atoms with Gasteiger partial charge in [-0.15, -0.1) is 0 Å². The number of aliphatic hydroxyl groups is 1. The lowest BCUT2D eigenvalue weighted by Crippen LogP contribution is -1.89. The van der Waals surface area contributed by atoms with Crippen LogP contribution in [0.5, 0.6) is 0 Å². The quantitative estimate of drug-likeness (QED) is 0.679. The molecule has 1 aromatic rings. The van der Waals surface area contributed by atoms with E-state index < -0.39 is 6.10 Å². The lowest BCUT2D eigenvalue weighted by molar-refractivity contribution is 0.177. The van der Waals surface area contributed by atoms with E-state index in [0.717, 1.165) is 4.88 Å². The Labute approximate surface area is 63.5 Å². The van der Waals surface area contributed by atoms with E-state index in [0.29, 0.717) is 11.6 Å². The maximum absolute atomic E-state index is 9.26. The van der Waals surface area contributed by atoms with Crippen molar-refractivity contribution in [1.29, 1.82) is 0 Å². The number of nitrogens with zero attached hydrogens (tertiary/aromatic N) is 1. The molecule has 0 fully saturated rings. The van der Waals surface area contributed by atoms with Crippen molar-refractivity contribution in [1.82, 2.24) is 4.98 Å². The van der Waals surface area contributed by atoms with Gasteiger partial charge in [0.2, 0.25) is 0 Å². The average molecular weight is 158 g/mol. The van der Waals surface area contributed by atoms with Gasteiger partial charge in [0.25, 0.3) is 0 Å². The predicted octanol–water partition coefficient (Wildman–Crippen LogP) is 1.17. The third-order valence-electron chi connectivity index (χ3n) is 1.26. The molecule has 1 aromatic heterocycles. The first kappa shape index (κ1) is 7.50. The summed E-state index contributed by atoms with van der Waals surface area (Å²) in [6.07, 6.45) is 1.94. The minimum atomic E-state index is -0.394. The smallest absolute Gasteiger partial charge is 0.180 e. The second kappa shape index (κ2) is 2.98. The molecular formula is C6H10N2OS. The summed E-state index contributed by atoms with van der Waals surface area (Å²) in [5, 5.41) is 9.77. The molecule has 0 aromatic carbocycles. The van der Waals surface area contributed by atoms with E-state index >= 15 is 0 Å². The normalized spacial score (nSPS) is 13.4. The number of hydrogen-bond acceptors (Lipinski definition) is 4. The van der Waals surface area contributed by atoms with Gasteiger partial charge >= 0.3 is 0 Å². The molecule has 1 atom stereocenters. The zero-order valence-corrected chi connectivity index (χ0v) is 6.56. The van der Waals surface area contributed by atoms with Gasteiger partial charge in [0.15, 0.2) is 5.13 Å². The van der Waals surface area contributed by atoms with E-state index in [1.807, 2.05) is 6.92 Å². The summed E-state index contributed by atoms with van der Waals surface area (Å²) in [5.41, 5.74) is 5.37. The molecule has 0 amide bonds. The topological polar surface area (TPSA) is 59.1 Å². The van der Waals surface area contributed by atoms with Gasteiger partial charge in [0.05, 0.1) is 11.0 Å². The van der Waals surface area contributed by atoms with Crippen LogP contribution in [0.1, 0.15) is 24.3 Å². The second-order valence-corrected chi connectivity index (χ2v) is 3.12. The summed E-state index contributed by atoms with van der Waals surface area (Å²) in [6, 6.07) is 0. The maximum atomic E-state index is 9.26. The molecule has 10 heavy (non-hydrogen) atoms. The third-order valence-corrected chi connectivity index (χ3v) is 2.18. The zero-order chi connectivity index (χ0) is 7.56. The van der Waals surface area contributed by atoms with Crippen LogP contribution in [0.4, 0.5) is 5.13 Å². The van der Waals surface area contributed by atoms with Crippen molar-refractivity contribution >= 4 is 16.5 Å². The number of hydrogen-bond donors (Lipinski definition) is 2. The van der Waals surface area contributed by atoms with Crippen molar-refractivity contribution < 1.29 is 5.11 Å². The Kier molecular flexibility index (Phi) is 2.24. The molecule has 0 saturated carbocycles. The molecule has 56 valence electrons. The Hall–Kier alpha value is -0.610. The first-order chi connectivity index (χ1) is 4.74. The molecule has 1 unspecified atom stereocenters. The minimum Gasteiger partial charge on any atom is -0.388 e. The Balaban J connectivity index is 2.74. The van der Waals surface area contributed by atoms with Crippen LogP contribution in [0.2, 0.25) is 0 Å². The highest BCUT2D eigenvalue weighted by Gasteiger charge is 2.06. The fraction of sp³-hybridized carbons (Fsp3) is 0.500. The molecule has 0 radical (unpaired) electrons. The molecule has 0 bridgehead atoms. The summed E-state index contributed by atoms with van der Waals surface area (Å²) in [7, 11) is 0. The summed E-state index contributed by atoms with van der Waals surface area (Å²) in [5.74, 6) is 0. The predicted molar refractivity (Wildman–Crippen MR) is 41.8 cm³/mol. The van der Waals surface area contributed by atoms with Crippen molar-refractivity contribution in [2.24, 2.45) is 0 Å². The Morgan fingerprint density at radius 1 is 1.90 bits per heavy atom. The van der Waals surface area contributed by atoms with Gasteiger partial charge in [0, 0.05) is 6.20 Å². The van der Waals surface area contributed by atoms with Gasteiger partial charge in [-0.3, -0.25) is 0 Å². The number of nitrogens with two attached hydrogens (primary N) is 1. The number of nitrogen functional groups attached to an aromatic ring is 1. The molecule has 0 spiro atoms. The first-order valence-electron chi connectivity index (χ1n) is 3.13. The lowest BCUT2D eigenvalue weighted by Gasteiger charge is -2.00. The molecule has 4 heteroatoms. The molecule has 0 aliphatic rings. The SMILES string of the molecule is CCC(O)c1cnc(N)s1. The fourth-order valence-corrected chi connectivity index (χ4v) is 1.41. The van der Waals surface area contributed by atoms with Crippen LogP contribution in [0.25, 0.3) is 0 Å². The van der Waals surface area contributed by atoms with Gasteiger partial charge in [-0.25, -0.2) is 4.98 Å². The molecular weight excluding hydrogens is 148 g/mol. The van der Waals surface area contributed by atoms with Crippen LogP contribution in [0.3, 0.4) is 0 Å². The van der Waals surface area contributed by atoms with Crippen molar-refractivity contribution in [2.75, 3.05) is 5.73 Å². The summed E-state index contributed by atoms with van der Waals surface area (Å²) < 4.78 is 0.